The maximum atomic E-state index is 11.1. The van der Waals surface area contributed by atoms with Crippen LogP contribution in [0.15, 0.2) is 24.3 Å². The third kappa shape index (κ3) is 1.95. The lowest BCUT2D eigenvalue weighted by atomic mass is 10.1. The van der Waals surface area contributed by atoms with E-state index in [-0.39, 0.29) is 0 Å². The van der Waals surface area contributed by atoms with Gasteiger partial charge in [-0.1, -0.05) is 12.1 Å². The molecule has 1 heterocycles. The van der Waals surface area contributed by atoms with E-state index in [4.69, 9.17) is 5.11 Å². The minimum atomic E-state index is -1.05. The number of hydrogen-bond acceptors (Lipinski definition) is 3. The molecule has 0 fully saturated rings. The lowest BCUT2D eigenvalue weighted by Crippen LogP contribution is -2.40. The zero-order chi connectivity index (χ0) is 12.6. The van der Waals surface area contributed by atoms with E-state index in [9.17, 15) is 4.79 Å². The molecule has 1 aromatic heterocycles. The zero-order valence-electron chi connectivity index (χ0n) is 10.1. The Morgan fingerprint density at radius 1 is 1.41 bits per heavy atom. The average Bonchev–Trinajstić information content (AvgIpc) is 2.56. The third-order valence-electron chi connectivity index (χ3n) is 2.75. The monoisotopic (exact) mass is 233 g/mol. The van der Waals surface area contributed by atoms with Gasteiger partial charge in [-0.3, -0.25) is 0 Å². The van der Waals surface area contributed by atoms with Gasteiger partial charge in [0, 0.05) is 7.05 Å². The maximum Gasteiger partial charge on any atom is 0.328 e. The summed E-state index contributed by atoms with van der Waals surface area (Å²) in [5, 5.41) is 12.0. The van der Waals surface area contributed by atoms with Crippen molar-refractivity contribution in [1.82, 2.24) is 9.55 Å². The predicted octanol–water partition coefficient (Wildman–Crippen LogP) is 1.85. The van der Waals surface area contributed by atoms with Crippen molar-refractivity contribution < 1.29 is 9.90 Å². The number of imidazole rings is 1. The van der Waals surface area contributed by atoms with Crippen LogP contribution in [0.4, 0.5) is 5.95 Å². The normalized spacial score (nSPS) is 11.7. The number of aliphatic carboxylic acids is 1. The van der Waals surface area contributed by atoms with E-state index < -0.39 is 11.5 Å². The second-order valence-corrected chi connectivity index (χ2v) is 4.54. The molecule has 0 bridgehead atoms. The first-order valence-corrected chi connectivity index (χ1v) is 5.35. The summed E-state index contributed by atoms with van der Waals surface area (Å²) in [7, 11) is 1.86. The predicted molar refractivity (Wildman–Crippen MR) is 66.1 cm³/mol. The second kappa shape index (κ2) is 3.76. The summed E-state index contributed by atoms with van der Waals surface area (Å²) in [4.78, 5) is 15.4. The number of anilines is 1. The molecule has 0 aliphatic rings. The molecule has 2 N–H and O–H groups in total. The van der Waals surface area contributed by atoms with E-state index in [1.165, 1.54) is 0 Å². The molecule has 2 aromatic rings. The Morgan fingerprint density at radius 2 is 2.06 bits per heavy atom. The van der Waals surface area contributed by atoms with Crippen molar-refractivity contribution in [2.75, 3.05) is 5.32 Å². The molecule has 0 aliphatic heterocycles. The molecule has 5 nitrogen and oxygen atoms in total. The highest BCUT2D eigenvalue weighted by atomic mass is 16.4. The van der Waals surface area contributed by atoms with E-state index in [1.807, 2.05) is 35.9 Å². The van der Waals surface area contributed by atoms with Crippen LogP contribution in [0.3, 0.4) is 0 Å². The molecule has 17 heavy (non-hydrogen) atoms. The fourth-order valence-corrected chi connectivity index (χ4v) is 1.59. The molecular formula is C12H15N3O2. The summed E-state index contributed by atoms with van der Waals surface area (Å²) in [6.07, 6.45) is 0. The molecule has 90 valence electrons. The lowest BCUT2D eigenvalue weighted by Gasteiger charge is -2.21. The molecule has 0 aliphatic carbocycles. The number of hydrogen-bond donors (Lipinski definition) is 2. The SMILES string of the molecule is Cn1c(NC(C)(C)C(=O)O)nc2ccccc21. The summed E-state index contributed by atoms with van der Waals surface area (Å²) in [6.45, 7) is 3.21. The molecule has 0 radical (unpaired) electrons. The smallest absolute Gasteiger partial charge is 0.328 e. The molecular weight excluding hydrogens is 218 g/mol. The molecule has 0 spiro atoms. The summed E-state index contributed by atoms with van der Waals surface area (Å²) in [6, 6.07) is 7.67. The van der Waals surface area contributed by atoms with E-state index >= 15 is 0 Å². The van der Waals surface area contributed by atoms with Crippen LogP contribution in [0.25, 0.3) is 11.0 Å². The van der Waals surface area contributed by atoms with Crippen LogP contribution < -0.4 is 5.32 Å². The van der Waals surface area contributed by atoms with Crippen LogP contribution in [0.5, 0.6) is 0 Å². The van der Waals surface area contributed by atoms with E-state index in [0.717, 1.165) is 11.0 Å². The molecule has 0 saturated heterocycles. The van der Waals surface area contributed by atoms with Crippen LogP contribution in [0.2, 0.25) is 0 Å². The van der Waals surface area contributed by atoms with Crippen molar-refractivity contribution in [2.45, 2.75) is 19.4 Å². The van der Waals surface area contributed by atoms with Gasteiger partial charge in [-0.25, -0.2) is 9.78 Å². The number of benzene rings is 1. The van der Waals surface area contributed by atoms with Gasteiger partial charge in [-0.05, 0) is 26.0 Å². The Hall–Kier alpha value is -2.04. The fraction of sp³-hybridized carbons (Fsp3) is 0.333. The number of aromatic nitrogens is 2. The Kier molecular flexibility index (Phi) is 2.53. The minimum Gasteiger partial charge on any atom is -0.480 e. The molecule has 0 amide bonds. The Morgan fingerprint density at radius 3 is 2.65 bits per heavy atom. The molecule has 0 atom stereocenters. The van der Waals surface area contributed by atoms with Gasteiger partial charge in [-0.15, -0.1) is 0 Å². The minimum absolute atomic E-state index is 0.554. The summed E-state index contributed by atoms with van der Waals surface area (Å²) < 4.78 is 1.85. The quantitative estimate of drug-likeness (QED) is 0.849. The van der Waals surface area contributed by atoms with Crippen molar-refractivity contribution >= 4 is 23.0 Å². The fourth-order valence-electron chi connectivity index (χ4n) is 1.59. The molecule has 0 unspecified atom stereocenters. The van der Waals surface area contributed by atoms with E-state index in [1.54, 1.807) is 13.8 Å². The van der Waals surface area contributed by atoms with Crippen molar-refractivity contribution in [1.29, 1.82) is 0 Å². The zero-order valence-corrected chi connectivity index (χ0v) is 10.1. The molecule has 5 heteroatoms. The number of carboxylic acid groups (broad SMARTS) is 1. The summed E-state index contributed by atoms with van der Waals surface area (Å²) in [5.74, 6) is -0.358. The topological polar surface area (TPSA) is 67.2 Å². The summed E-state index contributed by atoms with van der Waals surface area (Å²) in [5.41, 5.74) is 0.768. The Balaban J connectivity index is 2.43. The highest BCUT2D eigenvalue weighted by Gasteiger charge is 2.28. The number of carbonyl (C=O) groups is 1. The number of para-hydroxylation sites is 2. The van der Waals surface area contributed by atoms with Crippen LogP contribution in [0.1, 0.15) is 13.8 Å². The number of carboxylic acids is 1. The second-order valence-electron chi connectivity index (χ2n) is 4.54. The Labute approximate surface area is 99.1 Å². The number of fused-ring (bicyclic) bond motifs is 1. The van der Waals surface area contributed by atoms with Crippen LogP contribution in [0, 0.1) is 0 Å². The largest absolute Gasteiger partial charge is 0.480 e. The van der Waals surface area contributed by atoms with Gasteiger partial charge in [0.1, 0.15) is 5.54 Å². The van der Waals surface area contributed by atoms with Gasteiger partial charge >= 0.3 is 5.97 Å². The number of nitrogens with one attached hydrogen (secondary N) is 1. The van der Waals surface area contributed by atoms with Crippen LogP contribution in [-0.4, -0.2) is 26.2 Å². The van der Waals surface area contributed by atoms with Gasteiger partial charge in [0.05, 0.1) is 11.0 Å². The van der Waals surface area contributed by atoms with Crippen LogP contribution >= 0.6 is 0 Å². The number of rotatable bonds is 3. The van der Waals surface area contributed by atoms with Gasteiger partial charge in [0.15, 0.2) is 0 Å². The van der Waals surface area contributed by atoms with Crippen LogP contribution in [-0.2, 0) is 11.8 Å². The highest BCUT2D eigenvalue weighted by Crippen LogP contribution is 2.20. The lowest BCUT2D eigenvalue weighted by molar-refractivity contribution is -0.141. The van der Waals surface area contributed by atoms with Crippen molar-refractivity contribution in [3.63, 3.8) is 0 Å². The van der Waals surface area contributed by atoms with Crippen molar-refractivity contribution in [3.05, 3.63) is 24.3 Å². The third-order valence-corrected chi connectivity index (χ3v) is 2.75. The summed E-state index contributed by atoms with van der Waals surface area (Å²) >= 11 is 0. The van der Waals surface area contributed by atoms with E-state index in [0.29, 0.717) is 5.95 Å². The van der Waals surface area contributed by atoms with Gasteiger partial charge < -0.3 is 15.0 Å². The molecule has 2 rings (SSSR count). The van der Waals surface area contributed by atoms with Gasteiger partial charge in [0.2, 0.25) is 5.95 Å². The van der Waals surface area contributed by atoms with Gasteiger partial charge in [-0.2, -0.15) is 0 Å². The first-order valence-electron chi connectivity index (χ1n) is 5.35. The van der Waals surface area contributed by atoms with Crippen molar-refractivity contribution in [2.24, 2.45) is 7.05 Å². The number of nitrogens with zero attached hydrogens (tertiary/aromatic N) is 2. The maximum absolute atomic E-state index is 11.1. The van der Waals surface area contributed by atoms with E-state index in [2.05, 4.69) is 10.3 Å². The number of aryl methyl sites for hydroxylation is 1. The van der Waals surface area contributed by atoms with Gasteiger partial charge in [0.25, 0.3) is 0 Å². The first kappa shape index (κ1) is 11.4. The average molecular weight is 233 g/mol. The molecule has 1 aromatic carbocycles. The molecule has 0 saturated carbocycles. The standard InChI is InChI=1S/C12H15N3O2/c1-12(2,10(16)17)14-11-13-8-6-4-5-7-9(8)15(11)3/h4-7H,1-3H3,(H,13,14)(H,16,17). The van der Waals surface area contributed by atoms with Crippen molar-refractivity contribution in [3.8, 4) is 0 Å². The first-order chi connectivity index (χ1) is 7.92. The Bertz CT molecular complexity index is 572. The highest BCUT2D eigenvalue weighted by molar-refractivity contribution is 5.83.